The zero-order valence-electron chi connectivity index (χ0n) is 28.2. The molecule has 1 amide bonds. The van der Waals surface area contributed by atoms with Crippen LogP contribution in [0.2, 0.25) is 0 Å². The molecule has 0 saturated heterocycles. The van der Waals surface area contributed by atoms with Crippen molar-refractivity contribution in [2.75, 3.05) is 13.2 Å². The van der Waals surface area contributed by atoms with Gasteiger partial charge in [0.05, 0.1) is 30.8 Å². The minimum absolute atomic E-state index is 0.109. The van der Waals surface area contributed by atoms with Crippen LogP contribution in [0, 0.1) is 13.8 Å². The maximum Gasteiger partial charge on any atom is 0.338 e. The minimum atomic E-state index is -0.428. The number of aryl methyl sites for hydroxylation is 2. The second kappa shape index (κ2) is 18.4. The van der Waals surface area contributed by atoms with Gasteiger partial charge in [-0.3, -0.25) is 4.79 Å². The van der Waals surface area contributed by atoms with Crippen LogP contribution in [-0.4, -0.2) is 56.3 Å². The number of carbonyl (C=O) groups is 2. The summed E-state index contributed by atoms with van der Waals surface area (Å²) in [5.41, 5.74) is 3.39. The third-order valence-electron chi connectivity index (χ3n) is 7.55. The molecule has 2 heterocycles. The lowest BCUT2D eigenvalue weighted by molar-refractivity contribution is 0.0124. The average molecular weight is 672 g/mol. The van der Waals surface area contributed by atoms with Gasteiger partial charge in [0.15, 0.2) is 6.10 Å². The molecule has 50 heavy (non-hydrogen) atoms. The molecule has 4 aromatic carbocycles. The SMILES string of the molecule is Cc1ccc(C(=O)N[C@@H](COc2ccccc2)Cn2ccnc2)cc1.Cc1ccc(C(=O)O[C@@H](COc2ccccc2)Cn2ccnc2)cc1. The quantitative estimate of drug-likeness (QED) is 0.131. The number of rotatable bonds is 14. The molecule has 0 aliphatic carbocycles. The van der Waals surface area contributed by atoms with Gasteiger partial charge in [-0.1, -0.05) is 71.8 Å². The molecule has 10 heteroatoms. The number of imidazole rings is 2. The molecule has 0 unspecified atom stereocenters. The first-order valence-corrected chi connectivity index (χ1v) is 16.3. The number of esters is 1. The van der Waals surface area contributed by atoms with Crippen molar-refractivity contribution in [2.24, 2.45) is 0 Å². The topological polar surface area (TPSA) is 110 Å². The molecule has 0 saturated carbocycles. The highest BCUT2D eigenvalue weighted by Gasteiger charge is 2.18. The summed E-state index contributed by atoms with van der Waals surface area (Å²) in [7, 11) is 0. The fourth-order valence-corrected chi connectivity index (χ4v) is 4.85. The molecule has 1 N–H and O–H groups in total. The standard InChI is InChI=1S/C20H21N3O2.C20H20N2O3/c1-16-7-9-17(10-8-16)20(24)22-18(13-23-12-11-21-15-23)14-25-19-5-3-2-4-6-19;1-16-7-9-17(10-8-16)20(23)25-19(13-22-12-11-21-15-22)14-24-18-5-3-2-4-6-18/h2-12,15,18H,13-14H2,1H3,(H,22,24);2-12,15,19H,13-14H2,1H3/t18-;19-/m11/s1. The van der Waals surface area contributed by atoms with E-state index in [9.17, 15) is 9.59 Å². The van der Waals surface area contributed by atoms with Crippen LogP contribution in [-0.2, 0) is 17.8 Å². The van der Waals surface area contributed by atoms with Crippen molar-refractivity contribution in [1.82, 2.24) is 24.4 Å². The zero-order chi connectivity index (χ0) is 35.0. The fourth-order valence-electron chi connectivity index (χ4n) is 4.85. The van der Waals surface area contributed by atoms with Crippen LogP contribution in [0.1, 0.15) is 31.8 Å². The maximum atomic E-state index is 12.5. The number of carbonyl (C=O) groups excluding carboxylic acids is 2. The molecular weight excluding hydrogens is 630 g/mol. The Morgan fingerprint density at radius 2 is 1.14 bits per heavy atom. The molecule has 0 bridgehead atoms. The van der Waals surface area contributed by atoms with Gasteiger partial charge in [-0.25, -0.2) is 14.8 Å². The van der Waals surface area contributed by atoms with Crippen LogP contribution in [0.4, 0.5) is 0 Å². The van der Waals surface area contributed by atoms with Crippen molar-refractivity contribution in [3.63, 3.8) is 0 Å². The van der Waals surface area contributed by atoms with E-state index < -0.39 is 6.10 Å². The van der Waals surface area contributed by atoms with Crippen molar-refractivity contribution >= 4 is 11.9 Å². The normalized spacial score (nSPS) is 11.7. The number of aromatic nitrogens is 4. The summed E-state index contributed by atoms with van der Waals surface area (Å²) in [6, 6.07) is 33.7. The molecule has 0 spiro atoms. The Kier molecular flexibility index (Phi) is 12.9. The first-order valence-electron chi connectivity index (χ1n) is 16.3. The fraction of sp³-hybridized carbons (Fsp3) is 0.200. The van der Waals surface area contributed by atoms with E-state index in [1.165, 1.54) is 0 Å². The third-order valence-corrected chi connectivity index (χ3v) is 7.55. The molecule has 0 aliphatic rings. The summed E-state index contributed by atoms with van der Waals surface area (Å²) < 4.78 is 21.0. The molecule has 256 valence electrons. The Hall–Kier alpha value is -6.16. The van der Waals surface area contributed by atoms with Crippen molar-refractivity contribution in [3.05, 3.63) is 169 Å². The van der Waals surface area contributed by atoms with Crippen LogP contribution in [0.3, 0.4) is 0 Å². The van der Waals surface area contributed by atoms with E-state index in [-0.39, 0.29) is 24.5 Å². The zero-order valence-corrected chi connectivity index (χ0v) is 28.2. The highest BCUT2D eigenvalue weighted by Crippen LogP contribution is 2.13. The third kappa shape index (κ3) is 11.5. The van der Waals surface area contributed by atoms with Gasteiger partial charge in [0, 0.05) is 36.9 Å². The van der Waals surface area contributed by atoms with Crippen LogP contribution in [0.25, 0.3) is 0 Å². The number of ether oxygens (including phenoxy) is 3. The van der Waals surface area contributed by atoms with E-state index >= 15 is 0 Å². The molecule has 6 aromatic rings. The van der Waals surface area contributed by atoms with Gasteiger partial charge in [0.1, 0.15) is 24.7 Å². The Morgan fingerprint density at radius 1 is 0.640 bits per heavy atom. The lowest BCUT2D eigenvalue weighted by Crippen LogP contribution is -2.42. The summed E-state index contributed by atoms with van der Waals surface area (Å²) in [4.78, 5) is 33.0. The number of benzene rings is 4. The van der Waals surface area contributed by atoms with Gasteiger partial charge in [-0.05, 0) is 62.4 Å². The molecule has 0 aliphatic heterocycles. The van der Waals surface area contributed by atoms with E-state index in [2.05, 4.69) is 15.3 Å². The largest absolute Gasteiger partial charge is 0.491 e. The van der Waals surface area contributed by atoms with E-state index in [1.54, 1.807) is 37.2 Å². The number of nitrogens with one attached hydrogen (secondary N) is 1. The predicted molar refractivity (Wildman–Crippen MR) is 191 cm³/mol. The van der Waals surface area contributed by atoms with Crippen LogP contribution < -0.4 is 14.8 Å². The molecule has 6 rings (SSSR count). The molecule has 2 atom stereocenters. The predicted octanol–water partition coefficient (Wildman–Crippen LogP) is 6.57. The van der Waals surface area contributed by atoms with Crippen molar-refractivity contribution < 1.29 is 23.8 Å². The molecule has 2 aromatic heterocycles. The average Bonchev–Trinajstić information content (AvgIpc) is 3.86. The maximum absolute atomic E-state index is 12.5. The second-order valence-electron chi connectivity index (χ2n) is 11.7. The van der Waals surface area contributed by atoms with Crippen LogP contribution in [0.5, 0.6) is 11.5 Å². The lowest BCUT2D eigenvalue weighted by atomic mass is 10.1. The van der Waals surface area contributed by atoms with E-state index in [0.29, 0.717) is 30.8 Å². The van der Waals surface area contributed by atoms with Gasteiger partial charge < -0.3 is 28.7 Å². The summed E-state index contributed by atoms with van der Waals surface area (Å²) in [6.07, 6.45) is 10.1. The Bertz CT molecular complexity index is 1710. The number of nitrogens with zero attached hydrogens (tertiary/aromatic N) is 4. The van der Waals surface area contributed by atoms with Gasteiger partial charge in [-0.2, -0.15) is 0 Å². The Labute approximate surface area is 292 Å². The highest BCUT2D eigenvalue weighted by molar-refractivity contribution is 5.94. The first-order chi connectivity index (χ1) is 24.4. The van der Waals surface area contributed by atoms with Gasteiger partial charge in [-0.15, -0.1) is 0 Å². The molecular formula is C40H41N5O5. The summed E-state index contributed by atoms with van der Waals surface area (Å²) in [6.45, 7) is 5.68. The number of hydrogen-bond donors (Lipinski definition) is 1. The molecule has 0 radical (unpaired) electrons. The minimum Gasteiger partial charge on any atom is -0.491 e. The van der Waals surface area contributed by atoms with Crippen molar-refractivity contribution in [2.45, 2.75) is 39.1 Å². The summed E-state index contributed by atoms with van der Waals surface area (Å²) in [5, 5.41) is 3.05. The second-order valence-corrected chi connectivity index (χ2v) is 11.7. The molecule has 10 nitrogen and oxygen atoms in total. The highest BCUT2D eigenvalue weighted by atomic mass is 16.6. The monoisotopic (exact) mass is 671 g/mol. The van der Waals surface area contributed by atoms with Crippen molar-refractivity contribution in [1.29, 1.82) is 0 Å². The van der Waals surface area contributed by atoms with E-state index in [4.69, 9.17) is 14.2 Å². The Balaban J connectivity index is 0.000000194. The summed E-state index contributed by atoms with van der Waals surface area (Å²) >= 11 is 0. The van der Waals surface area contributed by atoms with Crippen LogP contribution >= 0.6 is 0 Å². The number of amides is 1. The summed E-state index contributed by atoms with van der Waals surface area (Å²) in [5.74, 6) is 1.05. The number of para-hydroxylation sites is 2. The molecule has 0 fully saturated rings. The Morgan fingerprint density at radius 3 is 1.66 bits per heavy atom. The number of hydrogen-bond acceptors (Lipinski definition) is 7. The first kappa shape index (κ1) is 35.2. The smallest absolute Gasteiger partial charge is 0.338 e. The van der Waals surface area contributed by atoms with Gasteiger partial charge >= 0.3 is 5.97 Å². The van der Waals surface area contributed by atoms with E-state index in [1.807, 2.05) is 132 Å². The van der Waals surface area contributed by atoms with Gasteiger partial charge in [0.2, 0.25) is 0 Å². The van der Waals surface area contributed by atoms with Crippen molar-refractivity contribution in [3.8, 4) is 11.5 Å². The van der Waals surface area contributed by atoms with Crippen LogP contribution in [0.15, 0.2) is 147 Å². The van der Waals surface area contributed by atoms with Gasteiger partial charge in [0.25, 0.3) is 5.91 Å². The lowest BCUT2D eigenvalue weighted by Gasteiger charge is -2.20. The van der Waals surface area contributed by atoms with E-state index in [0.717, 1.165) is 22.6 Å².